The summed E-state index contributed by atoms with van der Waals surface area (Å²) >= 11 is 1.44. The zero-order valence-electron chi connectivity index (χ0n) is 9.45. The third-order valence-corrected chi connectivity index (χ3v) is 3.95. The second kappa shape index (κ2) is 4.51. The fourth-order valence-corrected chi connectivity index (χ4v) is 2.78. The van der Waals surface area contributed by atoms with Crippen LogP contribution in [0, 0.1) is 0 Å². The van der Waals surface area contributed by atoms with Crippen LogP contribution in [0.1, 0.15) is 48.1 Å². The Bertz CT molecular complexity index is 382. The maximum atomic E-state index is 11.9. The summed E-state index contributed by atoms with van der Waals surface area (Å²) in [4.78, 5) is 16.1. The van der Waals surface area contributed by atoms with Crippen LogP contribution in [-0.4, -0.2) is 16.4 Å². The van der Waals surface area contributed by atoms with Gasteiger partial charge in [-0.25, -0.2) is 4.98 Å². The molecule has 88 valence electrons. The quantitative estimate of drug-likeness (QED) is 0.843. The van der Waals surface area contributed by atoms with Crippen molar-refractivity contribution in [1.82, 2.24) is 10.3 Å². The zero-order chi connectivity index (χ0) is 11.6. The van der Waals surface area contributed by atoms with Crippen LogP contribution in [0.4, 0.5) is 0 Å². The lowest BCUT2D eigenvalue weighted by Gasteiger charge is -2.24. The zero-order valence-corrected chi connectivity index (χ0v) is 10.3. The van der Waals surface area contributed by atoms with Crippen LogP contribution in [0.2, 0.25) is 0 Å². The number of carbonyl (C=O) groups excluding carboxylic acids is 1. The number of nitrogens with zero attached hydrogens (tertiary/aromatic N) is 1. The summed E-state index contributed by atoms with van der Waals surface area (Å²) in [6.07, 6.45) is 4.52. The SMILES string of the molecule is CC1(NC(=O)c2csc(CN)n2)CCCC1. The Hall–Kier alpha value is -0.940. The summed E-state index contributed by atoms with van der Waals surface area (Å²) in [6, 6.07) is 0. The maximum Gasteiger partial charge on any atom is 0.271 e. The molecule has 1 aliphatic rings. The van der Waals surface area contributed by atoms with Crippen molar-refractivity contribution in [3.05, 3.63) is 16.1 Å². The van der Waals surface area contributed by atoms with Crippen molar-refractivity contribution in [1.29, 1.82) is 0 Å². The molecule has 1 aromatic rings. The minimum atomic E-state index is -0.0691. The summed E-state index contributed by atoms with van der Waals surface area (Å²) < 4.78 is 0. The van der Waals surface area contributed by atoms with Gasteiger partial charge in [0.1, 0.15) is 10.7 Å². The van der Waals surface area contributed by atoms with E-state index in [1.165, 1.54) is 24.2 Å². The molecule has 1 saturated carbocycles. The number of carbonyl (C=O) groups is 1. The molecule has 0 bridgehead atoms. The summed E-state index contributed by atoms with van der Waals surface area (Å²) in [5.41, 5.74) is 5.93. The van der Waals surface area contributed by atoms with Crippen LogP contribution >= 0.6 is 11.3 Å². The van der Waals surface area contributed by atoms with Crippen molar-refractivity contribution in [2.45, 2.75) is 44.7 Å². The van der Waals surface area contributed by atoms with E-state index >= 15 is 0 Å². The third-order valence-electron chi connectivity index (χ3n) is 3.08. The highest BCUT2D eigenvalue weighted by Crippen LogP contribution is 2.29. The van der Waals surface area contributed by atoms with Crippen LogP contribution in [0.25, 0.3) is 0 Å². The van der Waals surface area contributed by atoms with Crippen molar-refractivity contribution in [3.63, 3.8) is 0 Å². The number of nitrogens with one attached hydrogen (secondary N) is 1. The topological polar surface area (TPSA) is 68.0 Å². The van der Waals surface area contributed by atoms with E-state index < -0.39 is 0 Å². The molecule has 0 saturated heterocycles. The Balaban J connectivity index is 2.02. The maximum absolute atomic E-state index is 11.9. The van der Waals surface area contributed by atoms with Crippen LogP contribution in [-0.2, 0) is 6.54 Å². The summed E-state index contributed by atoms with van der Waals surface area (Å²) in [5, 5.41) is 5.65. The van der Waals surface area contributed by atoms with Gasteiger partial charge in [0.15, 0.2) is 0 Å². The number of thiazole rings is 1. The molecule has 1 heterocycles. The van der Waals surface area contributed by atoms with Crippen molar-refractivity contribution in [2.75, 3.05) is 0 Å². The Morgan fingerprint density at radius 3 is 2.88 bits per heavy atom. The predicted octanol–water partition coefficient (Wildman–Crippen LogP) is 1.66. The van der Waals surface area contributed by atoms with E-state index in [-0.39, 0.29) is 11.4 Å². The van der Waals surface area contributed by atoms with E-state index in [1.807, 2.05) is 0 Å². The summed E-state index contributed by atoms with van der Waals surface area (Å²) in [5.74, 6) is -0.0691. The molecular weight excluding hydrogens is 222 g/mol. The fourth-order valence-electron chi connectivity index (χ4n) is 2.13. The number of aromatic nitrogens is 1. The first-order valence-electron chi connectivity index (χ1n) is 5.60. The van der Waals surface area contributed by atoms with Gasteiger partial charge >= 0.3 is 0 Å². The van der Waals surface area contributed by atoms with Crippen LogP contribution in [0.3, 0.4) is 0 Å². The lowest BCUT2D eigenvalue weighted by Crippen LogP contribution is -2.43. The molecule has 0 unspecified atom stereocenters. The molecule has 1 aliphatic carbocycles. The average molecular weight is 239 g/mol. The Morgan fingerprint density at radius 1 is 1.62 bits per heavy atom. The number of hydrogen-bond donors (Lipinski definition) is 2. The largest absolute Gasteiger partial charge is 0.346 e. The minimum Gasteiger partial charge on any atom is -0.346 e. The van der Waals surface area contributed by atoms with Gasteiger partial charge in [0.2, 0.25) is 0 Å². The number of rotatable bonds is 3. The van der Waals surface area contributed by atoms with Gasteiger partial charge in [0, 0.05) is 17.5 Å². The lowest BCUT2D eigenvalue weighted by molar-refractivity contribution is 0.0903. The third kappa shape index (κ3) is 2.41. The van der Waals surface area contributed by atoms with Gasteiger partial charge in [-0.05, 0) is 19.8 Å². The first-order chi connectivity index (χ1) is 7.63. The first-order valence-corrected chi connectivity index (χ1v) is 6.48. The Morgan fingerprint density at radius 2 is 2.31 bits per heavy atom. The Labute approximate surface area is 99.3 Å². The highest BCUT2D eigenvalue weighted by molar-refractivity contribution is 7.09. The van der Waals surface area contributed by atoms with Gasteiger partial charge in [-0.15, -0.1) is 11.3 Å². The number of amides is 1. The smallest absolute Gasteiger partial charge is 0.271 e. The van der Waals surface area contributed by atoms with Crippen LogP contribution < -0.4 is 11.1 Å². The van der Waals surface area contributed by atoms with Crippen molar-refractivity contribution in [2.24, 2.45) is 5.73 Å². The second-order valence-electron chi connectivity index (χ2n) is 4.55. The molecular formula is C11H17N3OS. The van der Waals surface area contributed by atoms with E-state index in [4.69, 9.17) is 5.73 Å². The van der Waals surface area contributed by atoms with E-state index in [9.17, 15) is 4.79 Å². The summed E-state index contributed by atoms with van der Waals surface area (Å²) in [6.45, 7) is 2.50. The predicted molar refractivity (Wildman–Crippen MR) is 64.3 cm³/mol. The monoisotopic (exact) mass is 239 g/mol. The van der Waals surface area contributed by atoms with Gasteiger partial charge in [-0.3, -0.25) is 4.79 Å². The summed E-state index contributed by atoms with van der Waals surface area (Å²) in [7, 11) is 0. The average Bonchev–Trinajstić information content (AvgIpc) is 2.86. The van der Waals surface area contributed by atoms with Crippen molar-refractivity contribution >= 4 is 17.2 Å². The van der Waals surface area contributed by atoms with Gasteiger partial charge in [-0.2, -0.15) is 0 Å². The molecule has 1 fully saturated rings. The molecule has 1 amide bonds. The van der Waals surface area contributed by atoms with Gasteiger partial charge in [-0.1, -0.05) is 12.8 Å². The number of hydrogen-bond acceptors (Lipinski definition) is 4. The highest BCUT2D eigenvalue weighted by Gasteiger charge is 2.30. The van der Waals surface area contributed by atoms with E-state index in [0.29, 0.717) is 12.2 Å². The lowest BCUT2D eigenvalue weighted by atomic mass is 10.0. The molecule has 3 N–H and O–H groups in total. The number of nitrogens with two attached hydrogens (primary N) is 1. The molecule has 0 atom stereocenters. The molecule has 0 spiro atoms. The molecule has 16 heavy (non-hydrogen) atoms. The molecule has 1 aromatic heterocycles. The standard InChI is InChI=1S/C11H17N3OS/c1-11(4-2-3-5-11)14-10(15)8-7-16-9(6-12)13-8/h7H,2-6,12H2,1H3,(H,14,15). The minimum absolute atomic E-state index is 0.0381. The molecule has 5 heteroatoms. The first kappa shape index (κ1) is 11.5. The molecule has 0 aromatic carbocycles. The second-order valence-corrected chi connectivity index (χ2v) is 5.50. The van der Waals surface area contributed by atoms with Crippen LogP contribution in [0.15, 0.2) is 5.38 Å². The van der Waals surface area contributed by atoms with Crippen molar-refractivity contribution in [3.8, 4) is 0 Å². The Kier molecular flexibility index (Phi) is 3.25. The van der Waals surface area contributed by atoms with Gasteiger partial charge in [0.05, 0.1) is 0 Å². The van der Waals surface area contributed by atoms with E-state index in [1.54, 1.807) is 5.38 Å². The highest BCUT2D eigenvalue weighted by atomic mass is 32.1. The fraction of sp³-hybridized carbons (Fsp3) is 0.636. The molecule has 0 radical (unpaired) electrons. The molecule has 4 nitrogen and oxygen atoms in total. The van der Waals surface area contributed by atoms with Gasteiger partial charge in [0.25, 0.3) is 5.91 Å². The van der Waals surface area contributed by atoms with Gasteiger partial charge < -0.3 is 11.1 Å². The molecule has 2 rings (SSSR count). The van der Waals surface area contributed by atoms with E-state index in [2.05, 4.69) is 17.2 Å². The van der Waals surface area contributed by atoms with Crippen molar-refractivity contribution < 1.29 is 4.79 Å². The van der Waals surface area contributed by atoms with E-state index in [0.717, 1.165) is 17.8 Å². The molecule has 0 aliphatic heterocycles. The van der Waals surface area contributed by atoms with Crippen LogP contribution in [0.5, 0.6) is 0 Å². The normalized spacial score (nSPS) is 18.6.